The van der Waals surface area contributed by atoms with Crippen molar-refractivity contribution in [2.24, 2.45) is 0 Å². The van der Waals surface area contributed by atoms with Gasteiger partial charge >= 0.3 is 0 Å². The van der Waals surface area contributed by atoms with Crippen molar-refractivity contribution >= 4 is 0 Å². The highest BCUT2D eigenvalue weighted by molar-refractivity contribution is 5.06. The van der Waals surface area contributed by atoms with Crippen LogP contribution in [0.4, 0.5) is 0 Å². The van der Waals surface area contributed by atoms with Gasteiger partial charge in [0.25, 0.3) is 0 Å². The molecule has 108 valence electrons. The molecule has 1 aromatic heterocycles. The fraction of sp³-hybridized carbons (Fsp3) is 0.750. The van der Waals surface area contributed by atoms with E-state index in [0.29, 0.717) is 6.04 Å². The SMILES string of the molecule is CCNC(Cc1ccco1)C(C)(CC)N1CCCC1. The van der Waals surface area contributed by atoms with Gasteiger partial charge in [0.1, 0.15) is 5.76 Å². The molecule has 2 unspecified atom stereocenters. The first-order chi connectivity index (χ1) is 9.20. The average Bonchev–Trinajstić information content (AvgIpc) is 3.10. The van der Waals surface area contributed by atoms with Crippen molar-refractivity contribution in [2.45, 2.75) is 58.0 Å². The maximum Gasteiger partial charge on any atom is 0.105 e. The van der Waals surface area contributed by atoms with Gasteiger partial charge in [0.2, 0.25) is 0 Å². The molecule has 0 aromatic carbocycles. The smallest absolute Gasteiger partial charge is 0.105 e. The van der Waals surface area contributed by atoms with E-state index in [1.54, 1.807) is 6.26 Å². The maximum absolute atomic E-state index is 5.55. The number of likely N-dealkylation sites (N-methyl/N-ethyl adjacent to an activating group) is 1. The Morgan fingerprint density at radius 3 is 2.63 bits per heavy atom. The third kappa shape index (κ3) is 3.21. The van der Waals surface area contributed by atoms with Crippen LogP contribution < -0.4 is 5.32 Å². The van der Waals surface area contributed by atoms with E-state index in [-0.39, 0.29) is 5.54 Å². The molecule has 19 heavy (non-hydrogen) atoms. The number of nitrogens with one attached hydrogen (secondary N) is 1. The lowest BCUT2D eigenvalue weighted by Gasteiger charge is -2.44. The molecule has 2 rings (SSSR count). The number of hydrogen-bond acceptors (Lipinski definition) is 3. The van der Waals surface area contributed by atoms with Crippen LogP contribution in [0.5, 0.6) is 0 Å². The van der Waals surface area contributed by atoms with E-state index in [9.17, 15) is 0 Å². The molecule has 1 saturated heterocycles. The Labute approximate surface area is 117 Å². The third-order valence-electron chi connectivity index (χ3n) is 4.73. The molecule has 2 heterocycles. The van der Waals surface area contributed by atoms with Gasteiger partial charge < -0.3 is 9.73 Å². The van der Waals surface area contributed by atoms with Crippen LogP contribution in [0.3, 0.4) is 0 Å². The second kappa shape index (κ2) is 6.58. The molecular weight excluding hydrogens is 236 g/mol. The molecule has 0 saturated carbocycles. The van der Waals surface area contributed by atoms with Crippen LogP contribution in [0, 0.1) is 0 Å². The molecule has 1 aliphatic heterocycles. The molecule has 0 bridgehead atoms. The summed E-state index contributed by atoms with van der Waals surface area (Å²) in [6, 6.07) is 4.52. The zero-order valence-corrected chi connectivity index (χ0v) is 12.6. The van der Waals surface area contributed by atoms with Crippen LogP contribution in [0.1, 0.15) is 45.8 Å². The second-order valence-electron chi connectivity index (χ2n) is 5.80. The molecule has 1 aliphatic rings. The molecule has 0 aliphatic carbocycles. The first kappa shape index (κ1) is 14.6. The summed E-state index contributed by atoms with van der Waals surface area (Å²) in [5, 5.41) is 3.69. The Bertz CT molecular complexity index is 357. The lowest BCUT2D eigenvalue weighted by atomic mass is 9.84. The maximum atomic E-state index is 5.55. The molecule has 2 atom stereocenters. The zero-order valence-electron chi connectivity index (χ0n) is 12.6. The Balaban J connectivity index is 2.14. The number of likely N-dealkylation sites (tertiary alicyclic amines) is 1. The molecule has 0 radical (unpaired) electrons. The van der Waals surface area contributed by atoms with Crippen molar-refractivity contribution in [2.75, 3.05) is 19.6 Å². The topological polar surface area (TPSA) is 28.4 Å². The van der Waals surface area contributed by atoms with Gasteiger partial charge in [-0.25, -0.2) is 0 Å². The molecule has 1 aromatic rings. The van der Waals surface area contributed by atoms with Crippen LogP contribution in [0.25, 0.3) is 0 Å². The van der Waals surface area contributed by atoms with Crippen molar-refractivity contribution in [3.8, 4) is 0 Å². The minimum atomic E-state index is 0.222. The third-order valence-corrected chi connectivity index (χ3v) is 4.73. The van der Waals surface area contributed by atoms with Crippen LogP contribution in [-0.4, -0.2) is 36.1 Å². The van der Waals surface area contributed by atoms with E-state index < -0.39 is 0 Å². The number of nitrogens with zero attached hydrogens (tertiary/aromatic N) is 1. The lowest BCUT2D eigenvalue weighted by Crippen LogP contribution is -2.59. The predicted octanol–water partition coefficient (Wildman–Crippen LogP) is 3.06. The minimum Gasteiger partial charge on any atom is -0.469 e. The van der Waals surface area contributed by atoms with Gasteiger partial charge in [0.15, 0.2) is 0 Å². The summed E-state index contributed by atoms with van der Waals surface area (Å²) in [5.74, 6) is 1.09. The van der Waals surface area contributed by atoms with Crippen LogP contribution in [-0.2, 0) is 6.42 Å². The van der Waals surface area contributed by atoms with Crippen molar-refractivity contribution in [1.82, 2.24) is 10.2 Å². The van der Waals surface area contributed by atoms with Crippen LogP contribution in [0.2, 0.25) is 0 Å². The van der Waals surface area contributed by atoms with Crippen molar-refractivity contribution in [1.29, 1.82) is 0 Å². The van der Waals surface area contributed by atoms with Gasteiger partial charge in [-0.05, 0) is 58.0 Å². The summed E-state index contributed by atoms with van der Waals surface area (Å²) in [4.78, 5) is 2.67. The largest absolute Gasteiger partial charge is 0.469 e. The zero-order chi connectivity index (χ0) is 13.7. The average molecular weight is 264 g/mol. The van der Waals surface area contributed by atoms with E-state index in [0.717, 1.165) is 18.7 Å². The summed E-state index contributed by atoms with van der Waals surface area (Å²) >= 11 is 0. The highest BCUT2D eigenvalue weighted by atomic mass is 16.3. The van der Waals surface area contributed by atoms with E-state index in [1.165, 1.54) is 32.4 Å². The normalized spacial score (nSPS) is 21.4. The molecule has 0 amide bonds. The first-order valence-corrected chi connectivity index (χ1v) is 7.71. The first-order valence-electron chi connectivity index (χ1n) is 7.71. The lowest BCUT2D eigenvalue weighted by molar-refractivity contribution is 0.0825. The minimum absolute atomic E-state index is 0.222. The quantitative estimate of drug-likeness (QED) is 0.820. The van der Waals surface area contributed by atoms with Gasteiger partial charge in [-0.1, -0.05) is 13.8 Å². The molecule has 1 N–H and O–H groups in total. The summed E-state index contributed by atoms with van der Waals surface area (Å²) < 4.78 is 5.55. The van der Waals surface area contributed by atoms with Crippen LogP contribution in [0.15, 0.2) is 22.8 Å². The number of hydrogen-bond donors (Lipinski definition) is 1. The Kier molecular flexibility index (Phi) is 5.06. The Hall–Kier alpha value is -0.800. The highest BCUT2D eigenvalue weighted by Crippen LogP contribution is 2.29. The van der Waals surface area contributed by atoms with Gasteiger partial charge in [-0.15, -0.1) is 0 Å². The fourth-order valence-corrected chi connectivity index (χ4v) is 3.31. The van der Waals surface area contributed by atoms with Gasteiger partial charge in [0.05, 0.1) is 6.26 Å². The summed E-state index contributed by atoms with van der Waals surface area (Å²) in [6.45, 7) is 10.4. The molecule has 3 nitrogen and oxygen atoms in total. The Morgan fingerprint density at radius 2 is 2.11 bits per heavy atom. The van der Waals surface area contributed by atoms with E-state index >= 15 is 0 Å². The summed E-state index contributed by atoms with van der Waals surface area (Å²) in [6.07, 6.45) is 6.61. The fourth-order valence-electron chi connectivity index (χ4n) is 3.31. The highest BCUT2D eigenvalue weighted by Gasteiger charge is 2.39. The Morgan fingerprint density at radius 1 is 1.37 bits per heavy atom. The molecular formula is C16H28N2O. The molecule has 1 fully saturated rings. The number of furan rings is 1. The van der Waals surface area contributed by atoms with Gasteiger partial charge in [-0.2, -0.15) is 0 Å². The summed E-state index contributed by atoms with van der Waals surface area (Å²) in [5.41, 5.74) is 0.222. The number of rotatable bonds is 7. The van der Waals surface area contributed by atoms with Crippen molar-refractivity contribution in [3.63, 3.8) is 0 Å². The monoisotopic (exact) mass is 264 g/mol. The van der Waals surface area contributed by atoms with Gasteiger partial charge in [0, 0.05) is 18.0 Å². The summed E-state index contributed by atoms with van der Waals surface area (Å²) in [7, 11) is 0. The van der Waals surface area contributed by atoms with E-state index in [4.69, 9.17) is 4.42 Å². The molecule has 0 spiro atoms. The van der Waals surface area contributed by atoms with E-state index in [2.05, 4.69) is 37.1 Å². The van der Waals surface area contributed by atoms with Gasteiger partial charge in [-0.3, -0.25) is 4.90 Å². The van der Waals surface area contributed by atoms with Crippen molar-refractivity contribution < 1.29 is 4.42 Å². The molecule has 3 heteroatoms. The standard InChI is InChI=1S/C16H28N2O/c1-4-16(3,18-10-6-7-11-18)15(17-5-2)13-14-9-8-12-19-14/h8-9,12,15,17H,4-7,10-11,13H2,1-3H3. The predicted molar refractivity (Wildman–Crippen MR) is 79.4 cm³/mol. The van der Waals surface area contributed by atoms with Crippen molar-refractivity contribution in [3.05, 3.63) is 24.2 Å². The van der Waals surface area contributed by atoms with E-state index in [1.807, 2.05) is 6.07 Å². The van der Waals surface area contributed by atoms with Crippen LogP contribution >= 0.6 is 0 Å². The second-order valence-corrected chi connectivity index (χ2v) is 5.80.